The Kier molecular flexibility index (Phi) is 7.22. The van der Waals surface area contributed by atoms with Crippen LogP contribution in [-0.2, 0) is 16.0 Å². The highest BCUT2D eigenvalue weighted by Crippen LogP contribution is 2.24. The molecule has 5 nitrogen and oxygen atoms in total. The number of carbonyl (C=O) groups excluding carboxylic acids is 1. The highest BCUT2D eigenvalue weighted by atomic mass is 19.1. The van der Waals surface area contributed by atoms with Gasteiger partial charge in [0.2, 0.25) is 0 Å². The second-order valence-corrected chi connectivity index (χ2v) is 6.48. The number of aryl methyl sites for hydroxylation is 1. The van der Waals surface area contributed by atoms with Crippen molar-refractivity contribution in [3.63, 3.8) is 0 Å². The molecule has 0 radical (unpaired) electrons. The van der Waals surface area contributed by atoms with E-state index in [0.717, 1.165) is 37.5 Å². The van der Waals surface area contributed by atoms with Crippen molar-refractivity contribution in [3.8, 4) is 0 Å². The third-order valence-electron chi connectivity index (χ3n) is 4.52. The molecule has 1 fully saturated rings. The molecule has 1 saturated heterocycles. The van der Waals surface area contributed by atoms with Gasteiger partial charge in [-0.1, -0.05) is 19.1 Å². The smallest absolute Gasteiger partial charge is 0.310 e. The molecule has 6 heteroatoms. The van der Waals surface area contributed by atoms with Crippen molar-refractivity contribution in [2.45, 2.75) is 26.7 Å². The average molecular weight is 349 g/mol. The number of guanidine groups is 1. The number of carbonyl (C=O) groups is 1. The van der Waals surface area contributed by atoms with Gasteiger partial charge in [0.15, 0.2) is 5.96 Å². The summed E-state index contributed by atoms with van der Waals surface area (Å²) in [6.07, 6.45) is 1.64. The highest BCUT2D eigenvalue weighted by molar-refractivity contribution is 5.82. The van der Waals surface area contributed by atoms with Gasteiger partial charge >= 0.3 is 5.97 Å². The van der Waals surface area contributed by atoms with Crippen molar-refractivity contribution >= 4 is 11.9 Å². The number of ether oxygens (including phenoxy) is 1. The Bertz CT molecular complexity index is 606. The minimum absolute atomic E-state index is 0.110. The van der Waals surface area contributed by atoms with Crippen LogP contribution in [0.2, 0.25) is 0 Å². The Hall–Kier alpha value is -2.11. The van der Waals surface area contributed by atoms with Gasteiger partial charge < -0.3 is 15.0 Å². The minimum Gasteiger partial charge on any atom is -0.469 e. The summed E-state index contributed by atoms with van der Waals surface area (Å²) in [6.45, 7) is 6.94. The second kappa shape index (κ2) is 9.39. The molecule has 0 saturated carbocycles. The summed E-state index contributed by atoms with van der Waals surface area (Å²) in [5.41, 5.74) is 0.987. The molecule has 1 aliphatic rings. The van der Waals surface area contributed by atoms with Crippen LogP contribution in [-0.4, -0.2) is 50.1 Å². The summed E-state index contributed by atoms with van der Waals surface area (Å²) in [5.74, 6) is 0.607. The number of hydrogen-bond donors (Lipinski definition) is 1. The molecule has 25 heavy (non-hydrogen) atoms. The van der Waals surface area contributed by atoms with E-state index in [1.807, 2.05) is 13.0 Å². The lowest BCUT2D eigenvalue weighted by atomic mass is 9.99. The highest BCUT2D eigenvalue weighted by Gasteiger charge is 2.36. The summed E-state index contributed by atoms with van der Waals surface area (Å²) in [7, 11) is 1.43. The van der Waals surface area contributed by atoms with Crippen molar-refractivity contribution < 1.29 is 13.9 Å². The molecule has 2 unspecified atom stereocenters. The summed E-state index contributed by atoms with van der Waals surface area (Å²) in [5, 5.41) is 3.29. The predicted octanol–water partition coefficient (Wildman–Crippen LogP) is 2.46. The van der Waals surface area contributed by atoms with Gasteiger partial charge in [-0.05, 0) is 43.4 Å². The van der Waals surface area contributed by atoms with Crippen molar-refractivity contribution in [1.82, 2.24) is 10.2 Å². The molecule has 0 spiro atoms. The lowest BCUT2D eigenvalue weighted by Crippen LogP contribution is -2.40. The lowest BCUT2D eigenvalue weighted by molar-refractivity contribution is -0.145. The van der Waals surface area contributed by atoms with Crippen molar-refractivity contribution in [2.24, 2.45) is 16.8 Å². The van der Waals surface area contributed by atoms with Crippen molar-refractivity contribution in [1.29, 1.82) is 0 Å². The number of aliphatic imine (C=N–C) groups is 1. The molecule has 0 aliphatic carbocycles. The van der Waals surface area contributed by atoms with E-state index in [1.54, 1.807) is 12.1 Å². The van der Waals surface area contributed by atoms with Crippen LogP contribution in [0.4, 0.5) is 4.39 Å². The molecule has 2 rings (SSSR count). The van der Waals surface area contributed by atoms with E-state index >= 15 is 0 Å². The van der Waals surface area contributed by atoms with Crippen LogP contribution in [0.5, 0.6) is 0 Å². The summed E-state index contributed by atoms with van der Waals surface area (Å²) in [4.78, 5) is 18.7. The fraction of sp³-hybridized carbons (Fsp3) is 0.579. The fourth-order valence-electron chi connectivity index (χ4n) is 3.18. The van der Waals surface area contributed by atoms with Crippen LogP contribution < -0.4 is 5.32 Å². The van der Waals surface area contributed by atoms with E-state index in [9.17, 15) is 9.18 Å². The molecular formula is C19H28FN3O2. The summed E-state index contributed by atoms with van der Waals surface area (Å²) >= 11 is 0. The van der Waals surface area contributed by atoms with Crippen molar-refractivity contribution in [3.05, 3.63) is 35.6 Å². The number of likely N-dealkylation sites (tertiary alicyclic amines) is 1. The van der Waals surface area contributed by atoms with Gasteiger partial charge in [-0.15, -0.1) is 0 Å². The molecule has 0 amide bonds. The topological polar surface area (TPSA) is 53.9 Å². The number of hydrogen-bond acceptors (Lipinski definition) is 3. The Morgan fingerprint density at radius 1 is 1.44 bits per heavy atom. The molecule has 138 valence electrons. The number of nitrogens with one attached hydrogen (secondary N) is 1. The molecular weight excluding hydrogens is 321 g/mol. The Morgan fingerprint density at radius 3 is 2.92 bits per heavy atom. The average Bonchev–Trinajstić information content (AvgIpc) is 2.98. The zero-order valence-corrected chi connectivity index (χ0v) is 15.3. The van der Waals surface area contributed by atoms with Gasteiger partial charge in [0, 0.05) is 26.2 Å². The molecule has 1 N–H and O–H groups in total. The largest absolute Gasteiger partial charge is 0.469 e. The lowest BCUT2D eigenvalue weighted by Gasteiger charge is -2.21. The zero-order chi connectivity index (χ0) is 18.2. The normalized spacial score (nSPS) is 20.6. The van der Waals surface area contributed by atoms with Crippen LogP contribution in [0.25, 0.3) is 0 Å². The maximum absolute atomic E-state index is 13.2. The number of rotatable bonds is 6. The third-order valence-corrected chi connectivity index (χ3v) is 4.52. The molecule has 1 aromatic carbocycles. The van der Waals surface area contributed by atoms with Crippen molar-refractivity contribution in [2.75, 3.05) is 33.3 Å². The molecule has 1 aliphatic heterocycles. The van der Waals surface area contributed by atoms with Gasteiger partial charge in [0.25, 0.3) is 0 Å². The molecule has 0 bridgehead atoms. The molecule has 0 aromatic heterocycles. The van der Waals surface area contributed by atoms with Gasteiger partial charge in [-0.3, -0.25) is 9.79 Å². The molecule has 1 heterocycles. The van der Waals surface area contributed by atoms with Crippen LogP contribution in [0.3, 0.4) is 0 Å². The maximum Gasteiger partial charge on any atom is 0.310 e. The fourth-order valence-corrected chi connectivity index (χ4v) is 3.18. The maximum atomic E-state index is 13.2. The zero-order valence-electron chi connectivity index (χ0n) is 15.3. The minimum atomic E-state index is -0.200. The van der Waals surface area contributed by atoms with E-state index in [1.165, 1.54) is 13.2 Å². The standard InChI is InChI=1S/C19H28FN3O2/c1-4-21-19(23-12-14(2)17(13-23)18(24)25-3)22-10-6-8-15-7-5-9-16(20)11-15/h5,7,9,11,14,17H,4,6,8,10,12-13H2,1-3H3,(H,21,22). The van der Waals surface area contributed by atoms with Gasteiger partial charge in [0.05, 0.1) is 13.0 Å². The Balaban J connectivity index is 1.91. The first-order valence-corrected chi connectivity index (χ1v) is 8.90. The van der Waals surface area contributed by atoms with E-state index in [2.05, 4.69) is 22.1 Å². The number of esters is 1. The first-order valence-electron chi connectivity index (χ1n) is 8.90. The van der Waals surface area contributed by atoms with Crippen LogP contribution in [0, 0.1) is 17.7 Å². The Labute approximate surface area is 149 Å². The van der Waals surface area contributed by atoms with Crippen LogP contribution >= 0.6 is 0 Å². The number of nitrogens with zero attached hydrogens (tertiary/aromatic N) is 2. The quantitative estimate of drug-likeness (QED) is 0.371. The predicted molar refractivity (Wildman–Crippen MR) is 96.9 cm³/mol. The summed E-state index contributed by atoms with van der Waals surface area (Å²) in [6, 6.07) is 6.69. The van der Waals surface area contributed by atoms with E-state index < -0.39 is 0 Å². The van der Waals surface area contributed by atoms with E-state index in [-0.39, 0.29) is 23.6 Å². The first-order chi connectivity index (χ1) is 12.0. The van der Waals surface area contributed by atoms with E-state index in [0.29, 0.717) is 13.1 Å². The number of halogens is 1. The summed E-state index contributed by atoms with van der Waals surface area (Å²) < 4.78 is 18.1. The number of benzene rings is 1. The number of methoxy groups -OCH3 is 1. The SMILES string of the molecule is CCNC(=NCCCc1cccc(F)c1)N1CC(C)C(C(=O)OC)C1. The van der Waals surface area contributed by atoms with Gasteiger partial charge in [-0.2, -0.15) is 0 Å². The van der Waals surface area contributed by atoms with E-state index in [4.69, 9.17) is 4.74 Å². The van der Waals surface area contributed by atoms with Crippen LogP contribution in [0.15, 0.2) is 29.3 Å². The second-order valence-electron chi connectivity index (χ2n) is 6.48. The van der Waals surface area contributed by atoms with Crippen LogP contribution in [0.1, 0.15) is 25.8 Å². The molecule has 1 aromatic rings. The third kappa shape index (κ3) is 5.44. The van der Waals surface area contributed by atoms with Gasteiger partial charge in [0.1, 0.15) is 5.82 Å². The Morgan fingerprint density at radius 2 is 2.24 bits per heavy atom. The first kappa shape index (κ1) is 19.2. The monoisotopic (exact) mass is 349 g/mol. The molecule has 2 atom stereocenters. The van der Waals surface area contributed by atoms with Gasteiger partial charge in [-0.25, -0.2) is 4.39 Å².